The number of hydrogen-bond donors (Lipinski definition) is 1. The van der Waals surface area contributed by atoms with Crippen LogP contribution in [-0.2, 0) is 0 Å². The number of nitro groups is 1. The molecule has 1 heterocycles. The molecule has 0 spiro atoms. The van der Waals surface area contributed by atoms with Gasteiger partial charge in [0, 0.05) is 11.6 Å². The van der Waals surface area contributed by atoms with Gasteiger partial charge in [-0.3, -0.25) is 15.1 Å². The Labute approximate surface area is 122 Å². The predicted molar refractivity (Wildman–Crippen MR) is 77.5 cm³/mol. The van der Waals surface area contributed by atoms with Gasteiger partial charge in [0.2, 0.25) is 0 Å². The molecule has 0 aliphatic carbocycles. The molecule has 6 heteroatoms. The van der Waals surface area contributed by atoms with E-state index in [9.17, 15) is 15.2 Å². The molecule has 0 saturated heterocycles. The first-order valence-corrected chi connectivity index (χ1v) is 6.46. The van der Waals surface area contributed by atoms with Crippen molar-refractivity contribution in [2.24, 2.45) is 0 Å². The van der Waals surface area contributed by atoms with E-state index in [1.54, 1.807) is 39.0 Å². The Balaban J connectivity index is 2.27. The summed E-state index contributed by atoms with van der Waals surface area (Å²) in [5.41, 5.74) is 1.84. The second-order valence-electron chi connectivity index (χ2n) is 4.86. The predicted octanol–water partition coefficient (Wildman–Crippen LogP) is 3.45. The molecular formula is C15H16N2O4. The molecule has 1 aromatic carbocycles. The molecule has 0 aliphatic heterocycles. The van der Waals surface area contributed by atoms with E-state index in [1.165, 1.54) is 12.3 Å². The molecule has 21 heavy (non-hydrogen) atoms. The summed E-state index contributed by atoms with van der Waals surface area (Å²) in [6, 6.07) is 6.50. The summed E-state index contributed by atoms with van der Waals surface area (Å²) in [6.45, 7) is 5.05. The van der Waals surface area contributed by atoms with Crippen molar-refractivity contribution < 1.29 is 14.8 Å². The lowest BCUT2D eigenvalue weighted by Crippen LogP contribution is -1.97. The number of aryl methyl sites for hydroxylation is 2. The topological polar surface area (TPSA) is 85.5 Å². The van der Waals surface area contributed by atoms with Crippen LogP contribution in [0, 0.1) is 24.0 Å². The maximum Gasteiger partial charge on any atom is 0.272 e. The van der Waals surface area contributed by atoms with Crippen molar-refractivity contribution in [2.45, 2.75) is 26.9 Å². The lowest BCUT2D eigenvalue weighted by Gasteiger charge is -2.10. The molecule has 0 amide bonds. The number of rotatable bonds is 4. The number of aliphatic hydroxyl groups excluding tert-OH is 1. The highest BCUT2D eigenvalue weighted by Gasteiger charge is 2.14. The van der Waals surface area contributed by atoms with E-state index in [0.717, 1.165) is 0 Å². The maximum absolute atomic E-state index is 10.9. The van der Waals surface area contributed by atoms with Gasteiger partial charge < -0.3 is 9.84 Å². The third-order valence-electron chi connectivity index (χ3n) is 3.11. The zero-order valence-electron chi connectivity index (χ0n) is 12.0. The minimum Gasteiger partial charge on any atom is -0.455 e. The summed E-state index contributed by atoms with van der Waals surface area (Å²) in [4.78, 5) is 14.6. The number of nitrogens with zero attached hydrogens (tertiary/aromatic N) is 2. The van der Waals surface area contributed by atoms with Gasteiger partial charge in [-0.25, -0.2) is 0 Å². The summed E-state index contributed by atoms with van der Waals surface area (Å²) in [6.07, 6.45) is 0.875. The van der Waals surface area contributed by atoms with Crippen molar-refractivity contribution in [1.29, 1.82) is 0 Å². The van der Waals surface area contributed by atoms with E-state index in [1.807, 2.05) is 0 Å². The molecule has 0 radical (unpaired) electrons. The molecule has 0 aliphatic rings. The van der Waals surface area contributed by atoms with E-state index >= 15 is 0 Å². The van der Waals surface area contributed by atoms with E-state index in [4.69, 9.17) is 4.74 Å². The second kappa shape index (κ2) is 5.88. The summed E-state index contributed by atoms with van der Waals surface area (Å²) in [7, 11) is 0. The number of nitro benzene ring substituents is 1. The highest BCUT2D eigenvalue weighted by atomic mass is 16.6. The molecule has 0 saturated carbocycles. The van der Waals surface area contributed by atoms with Gasteiger partial charge in [0.25, 0.3) is 5.69 Å². The Morgan fingerprint density at radius 3 is 2.52 bits per heavy atom. The molecule has 1 N–H and O–H groups in total. The summed E-state index contributed by atoms with van der Waals surface area (Å²) >= 11 is 0. The van der Waals surface area contributed by atoms with E-state index < -0.39 is 11.0 Å². The molecule has 110 valence electrons. The van der Waals surface area contributed by atoms with Gasteiger partial charge in [-0.1, -0.05) is 0 Å². The zero-order valence-corrected chi connectivity index (χ0v) is 12.0. The van der Waals surface area contributed by atoms with Crippen molar-refractivity contribution in [3.63, 3.8) is 0 Å². The van der Waals surface area contributed by atoms with E-state index in [2.05, 4.69) is 4.98 Å². The fraction of sp³-hybridized carbons (Fsp3) is 0.267. The van der Waals surface area contributed by atoms with Crippen LogP contribution in [0.2, 0.25) is 0 Å². The van der Waals surface area contributed by atoms with Crippen LogP contribution in [0.15, 0.2) is 30.5 Å². The summed E-state index contributed by atoms with van der Waals surface area (Å²) in [5.74, 6) is 1.06. The molecule has 1 aromatic heterocycles. The van der Waals surface area contributed by atoms with Crippen LogP contribution < -0.4 is 4.74 Å². The molecule has 0 bridgehead atoms. The molecule has 6 nitrogen and oxygen atoms in total. The van der Waals surface area contributed by atoms with Crippen LogP contribution in [0.3, 0.4) is 0 Å². The molecule has 1 atom stereocenters. The van der Waals surface area contributed by atoms with Gasteiger partial charge in [0.05, 0.1) is 22.9 Å². The monoisotopic (exact) mass is 288 g/mol. The van der Waals surface area contributed by atoms with Gasteiger partial charge >= 0.3 is 0 Å². The third-order valence-corrected chi connectivity index (χ3v) is 3.11. The van der Waals surface area contributed by atoms with Crippen LogP contribution in [0.25, 0.3) is 0 Å². The van der Waals surface area contributed by atoms with Crippen LogP contribution in [0.4, 0.5) is 5.69 Å². The van der Waals surface area contributed by atoms with Crippen LogP contribution >= 0.6 is 0 Å². The molecular weight excluding hydrogens is 272 g/mol. The molecule has 2 rings (SSSR count). The van der Waals surface area contributed by atoms with Crippen molar-refractivity contribution in [2.75, 3.05) is 0 Å². The number of aromatic nitrogens is 1. The molecule has 0 fully saturated rings. The lowest BCUT2D eigenvalue weighted by atomic mass is 10.1. The second-order valence-corrected chi connectivity index (χ2v) is 4.86. The Kier molecular flexibility index (Phi) is 4.18. The number of pyridine rings is 1. The average molecular weight is 288 g/mol. The summed E-state index contributed by atoms with van der Waals surface area (Å²) in [5, 5.41) is 20.3. The average Bonchev–Trinajstić information content (AvgIpc) is 2.42. The van der Waals surface area contributed by atoms with Crippen molar-refractivity contribution in [1.82, 2.24) is 4.98 Å². The Bertz CT molecular complexity index is 666. The fourth-order valence-corrected chi connectivity index (χ4v) is 1.91. The van der Waals surface area contributed by atoms with Gasteiger partial charge in [0.15, 0.2) is 0 Å². The normalized spacial score (nSPS) is 12.0. The minimum atomic E-state index is -0.637. The van der Waals surface area contributed by atoms with Gasteiger partial charge in [-0.2, -0.15) is 0 Å². The standard InChI is InChI=1S/C15H16N2O4/c1-9-7-15(10(2)6-14(9)17(19)20)21-12-4-5-13(11(3)18)16-8-12/h4-8,11,18H,1-3H3/t11-/m1/s1. The SMILES string of the molecule is Cc1cc([N+](=O)[O-])c(C)cc1Oc1ccc([C@@H](C)O)nc1. The first-order valence-electron chi connectivity index (χ1n) is 6.46. The first-order chi connectivity index (χ1) is 9.88. The maximum atomic E-state index is 10.9. The summed E-state index contributed by atoms with van der Waals surface area (Å²) < 4.78 is 5.69. The number of ether oxygens (including phenoxy) is 1. The lowest BCUT2D eigenvalue weighted by molar-refractivity contribution is -0.385. The number of hydrogen-bond acceptors (Lipinski definition) is 5. The van der Waals surface area contributed by atoms with Gasteiger partial charge in [-0.15, -0.1) is 0 Å². The van der Waals surface area contributed by atoms with E-state index in [0.29, 0.717) is 28.3 Å². The number of aliphatic hydroxyl groups is 1. The fourth-order valence-electron chi connectivity index (χ4n) is 1.91. The van der Waals surface area contributed by atoms with Crippen LogP contribution in [0.5, 0.6) is 11.5 Å². The number of benzene rings is 1. The van der Waals surface area contributed by atoms with Gasteiger partial charge in [0.1, 0.15) is 11.5 Å². The molecule has 2 aromatic rings. The minimum absolute atomic E-state index is 0.0717. The van der Waals surface area contributed by atoms with Gasteiger partial charge in [-0.05, 0) is 44.5 Å². The zero-order chi connectivity index (χ0) is 15.6. The highest BCUT2D eigenvalue weighted by molar-refractivity contribution is 5.50. The van der Waals surface area contributed by atoms with Crippen LogP contribution in [0.1, 0.15) is 29.8 Å². The largest absolute Gasteiger partial charge is 0.455 e. The van der Waals surface area contributed by atoms with E-state index in [-0.39, 0.29) is 5.69 Å². The van der Waals surface area contributed by atoms with Crippen LogP contribution in [-0.4, -0.2) is 15.0 Å². The van der Waals surface area contributed by atoms with Crippen molar-refractivity contribution >= 4 is 5.69 Å². The Morgan fingerprint density at radius 1 is 1.29 bits per heavy atom. The Hall–Kier alpha value is -2.47. The highest BCUT2D eigenvalue weighted by Crippen LogP contribution is 2.31. The Morgan fingerprint density at radius 2 is 2.00 bits per heavy atom. The molecule has 0 unspecified atom stereocenters. The first kappa shape index (κ1) is 14.9. The third kappa shape index (κ3) is 3.35. The van der Waals surface area contributed by atoms with Crippen molar-refractivity contribution in [3.8, 4) is 11.5 Å². The quantitative estimate of drug-likeness (QED) is 0.688. The van der Waals surface area contributed by atoms with Crippen molar-refractivity contribution in [3.05, 3.63) is 57.4 Å². The smallest absolute Gasteiger partial charge is 0.272 e.